The monoisotopic (exact) mass is 396 g/mol. The maximum absolute atomic E-state index is 13.3. The second kappa shape index (κ2) is 9.40. The van der Waals surface area contributed by atoms with Gasteiger partial charge in [-0.1, -0.05) is 6.42 Å². The number of anilines is 2. The molecule has 4 rings (SSSR count). The van der Waals surface area contributed by atoms with Crippen LogP contribution in [0.3, 0.4) is 0 Å². The third-order valence-electron chi connectivity index (χ3n) is 5.95. The molecule has 154 valence electrons. The molecule has 0 aliphatic carbocycles. The molecule has 0 radical (unpaired) electrons. The van der Waals surface area contributed by atoms with E-state index in [0.29, 0.717) is 6.61 Å². The highest BCUT2D eigenvalue weighted by Crippen LogP contribution is 2.38. The average molecular weight is 397 g/mol. The zero-order valence-electron chi connectivity index (χ0n) is 16.9. The van der Waals surface area contributed by atoms with E-state index in [1.165, 1.54) is 50.0 Å². The van der Waals surface area contributed by atoms with Crippen LogP contribution in [0.1, 0.15) is 37.7 Å². The molecule has 1 atom stereocenters. The summed E-state index contributed by atoms with van der Waals surface area (Å²) in [5.74, 6) is 0.605. The second-order valence-corrected chi connectivity index (χ2v) is 7.98. The van der Waals surface area contributed by atoms with Gasteiger partial charge in [-0.3, -0.25) is 0 Å². The van der Waals surface area contributed by atoms with E-state index in [9.17, 15) is 9.18 Å². The summed E-state index contributed by atoms with van der Waals surface area (Å²) in [7, 11) is 0. The zero-order chi connectivity index (χ0) is 20.1. The third kappa shape index (κ3) is 4.78. The number of hydrogen-bond donors (Lipinski definition) is 0. The van der Waals surface area contributed by atoms with Gasteiger partial charge >= 0.3 is 0 Å². The Morgan fingerprint density at radius 3 is 2.62 bits per heavy atom. The second-order valence-electron chi connectivity index (χ2n) is 7.98. The minimum atomic E-state index is -0.276. The Bertz CT molecular complexity index is 818. The zero-order valence-corrected chi connectivity index (χ0v) is 16.9. The van der Waals surface area contributed by atoms with Crippen molar-refractivity contribution in [3.8, 4) is 5.75 Å². The minimum Gasteiger partial charge on any atom is -0.494 e. The van der Waals surface area contributed by atoms with Gasteiger partial charge in [0.2, 0.25) is 0 Å². The Kier molecular flexibility index (Phi) is 6.45. The lowest BCUT2D eigenvalue weighted by molar-refractivity contribution is -0.109. The van der Waals surface area contributed by atoms with Gasteiger partial charge < -0.3 is 19.3 Å². The normalized spacial score (nSPS) is 19.6. The molecule has 0 aromatic heterocycles. The molecule has 29 heavy (non-hydrogen) atoms. The van der Waals surface area contributed by atoms with E-state index in [4.69, 9.17) is 4.74 Å². The van der Waals surface area contributed by atoms with Crippen LogP contribution in [0.25, 0.3) is 0 Å². The molecule has 5 heteroatoms. The van der Waals surface area contributed by atoms with Crippen molar-refractivity contribution in [3.05, 3.63) is 53.8 Å². The van der Waals surface area contributed by atoms with Gasteiger partial charge in [-0.15, -0.1) is 0 Å². The molecule has 1 fully saturated rings. The Morgan fingerprint density at radius 2 is 1.86 bits per heavy atom. The summed E-state index contributed by atoms with van der Waals surface area (Å²) in [6.45, 7) is 4.25. The number of nitrogens with zero attached hydrogens (tertiary/aromatic N) is 2. The van der Waals surface area contributed by atoms with Crippen molar-refractivity contribution in [3.63, 3.8) is 0 Å². The van der Waals surface area contributed by atoms with Crippen molar-refractivity contribution in [2.24, 2.45) is 0 Å². The van der Waals surface area contributed by atoms with E-state index in [0.717, 1.165) is 49.2 Å². The van der Waals surface area contributed by atoms with Crippen LogP contribution in [-0.4, -0.2) is 43.5 Å². The summed E-state index contributed by atoms with van der Waals surface area (Å²) >= 11 is 0. The van der Waals surface area contributed by atoms with Crippen molar-refractivity contribution in [1.29, 1.82) is 0 Å². The first kappa shape index (κ1) is 19.9. The summed E-state index contributed by atoms with van der Waals surface area (Å²) in [5.41, 5.74) is 3.00. The van der Waals surface area contributed by atoms with Gasteiger partial charge in [0.25, 0.3) is 0 Å². The van der Waals surface area contributed by atoms with Crippen molar-refractivity contribution in [1.82, 2.24) is 4.90 Å². The molecule has 0 saturated carbocycles. The predicted octanol–water partition coefficient (Wildman–Crippen LogP) is 4.73. The highest BCUT2D eigenvalue weighted by atomic mass is 19.1. The number of piperidine rings is 1. The standard InChI is InChI=1S/C24H29FN2O2/c25-20-6-9-21(10-7-20)27-22(18-28)8-5-19-17-23(11-12-24(19)27)29-16-4-15-26-13-2-1-3-14-26/h6-7,9-12,17-18,22H,1-5,8,13-16H2. The summed E-state index contributed by atoms with van der Waals surface area (Å²) in [6.07, 6.45) is 7.59. The highest BCUT2D eigenvalue weighted by Gasteiger charge is 2.27. The quantitative estimate of drug-likeness (QED) is 0.500. The first-order valence-electron chi connectivity index (χ1n) is 10.7. The van der Waals surface area contributed by atoms with Crippen LogP contribution in [0, 0.1) is 5.82 Å². The number of fused-ring (bicyclic) bond motifs is 1. The van der Waals surface area contributed by atoms with Crippen molar-refractivity contribution >= 4 is 17.7 Å². The first-order valence-corrected chi connectivity index (χ1v) is 10.7. The maximum Gasteiger partial charge on any atom is 0.142 e. The largest absolute Gasteiger partial charge is 0.494 e. The van der Waals surface area contributed by atoms with Gasteiger partial charge in [0.1, 0.15) is 17.9 Å². The molecule has 0 spiro atoms. The summed E-state index contributed by atoms with van der Waals surface area (Å²) < 4.78 is 19.3. The molecular formula is C24H29FN2O2. The van der Waals surface area contributed by atoms with Gasteiger partial charge in [-0.25, -0.2) is 4.39 Å². The fourth-order valence-corrected chi connectivity index (χ4v) is 4.42. The van der Waals surface area contributed by atoms with Crippen LogP contribution in [0.5, 0.6) is 5.75 Å². The molecule has 0 N–H and O–H groups in total. The first-order chi connectivity index (χ1) is 14.2. The summed E-state index contributed by atoms with van der Waals surface area (Å²) in [4.78, 5) is 16.2. The minimum absolute atomic E-state index is 0.232. The number of halogens is 1. The van der Waals surface area contributed by atoms with Gasteiger partial charge in [-0.2, -0.15) is 0 Å². The van der Waals surface area contributed by atoms with E-state index in [-0.39, 0.29) is 11.9 Å². The lowest BCUT2D eigenvalue weighted by Crippen LogP contribution is -2.36. The Hall–Kier alpha value is -2.40. The summed E-state index contributed by atoms with van der Waals surface area (Å²) in [6, 6.07) is 12.2. The Labute approximate surface area is 172 Å². The topological polar surface area (TPSA) is 32.8 Å². The predicted molar refractivity (Wildman–Crippen MR) is 114 cm³/mol. The SMILES string of the molecule is O=CC1CCc2cc(OCCCN3CCCCC3)ccc2N1c1ccc(F)cc1. The fraction of sp³-hybridized carbons (Fsp3) is 0.458. The summed E-state index contributed by atoms with van der Waals surface area (Å²) in [5, 5.41) is 0. The number of rotatable bonds is 7. The van der Waals surface area contributed by atoms with E-state index in [1.807, 2.05) is 17.0 Å². The van der Waals surface area contributed by atoms with E-state index in [2.05, 4.69) is 11.0 Å². The Balaban J connectivity index is 1.42. The lowest BCUT2D eigenvalue weighted by atomic mass is 9.95. The average Bonchev–Trinajstić information content (AvgIpc) is 2.77. The number of likely N-dealkylation sites (tertiary alicyclic amines) is 1. The Morgan fingerprint density at radius 1 is 1.07 bits per heavy atom. The molecule has 1 saturated heterocycles. The van der Waals surface area contributed by atoms with Gasteiger partial charge in [0.05, 0.1) is 12.6 Å². The number of aldehydes is 1. The number of hydrogen-bond acceptors (Lipinski definition) is 4. The molecule has 2 aliphatic heterocycles. The van der Waals surface area contributed by atoms with Crippen molar-refractivity contribution in [2.75, 3.05) is 31.1 Å². The number of carbonyl (C=O) groups is 1. The molecule has 0 amide bonds. The number of carbonyl (C=O) groups excluding carboxylic acids is 1. The molecule has 2 aromatic carbocycles. The van der Waals surface area contributed by atoms with Crippen LogP contribution >= 0.6 is 0 Å². The van der Waals surface area contributed by atoms with Gasteiger partial charge in [0, 0.05) is 17.9 Å². The van der Waals surface area contributed by atoms with E-state index >= 15 is 0 Å². The van der Waals surface area contributed by atoms with Gasteiger partial charge in [0.15, 0.2) is 0 Å². The molecule has 1 unspecified atom stereocenters. The van der Waals surface area contributed by atoms with Crippen LogP contribution in [0.2, 0.25) is 0 Å². The lowest BCUT2D eigenvalue weighted by Gasteiger charge is -2.36. The number of ether oxygens (including phenoxy) is 1. The van der Waals surface area contributed by atoms with Crippen molar-refractivity contribution < 1.29 is 13.9 Å². The van der Waals surface area contributed by atoms with Crippen LogP contribution < -0.4 is 9.64 Å². The molecule has 0 bridgehead atoms. The highest BCUT2D eigenvalue weighted by molar-refractivity contribution is 5.78. The number of benzene rings is 2. The van der Waals surface area contributed by atoms with E-state index < -0.39 is 0 Å². The maximum atomic E-state index is 13.3. The molecule has 2 aromatic rings. The number of aryl methyl sites for hydroxylation is 1. The van der Waals surface area contributed by atoms with Gasteiger partial charge in [-0.05, 0) is 93.2 Å². The van der Waals surface area contributed by atoms with Crippen LogP contribution in [0.15, 0.2) is 42.5 Å². The van der Waals surface area contributed by atoms with E-state index in [1.54, 1.807) is 12.1 Å². The molecule has 2 aliphatic rings. The van der Waals surface area contributed by atoms with Crippen LogP contribution in [-0.2, 0) is 11.2 Å². The van der Waals surface area contributed by atoms with Crippen molar-refractivity contribution in [2.45, 2.75) is 44.6 Å². The molecule has 2 heterocycles. The third-order valence-corrected chi connectivity index (χ3v) is 5.95. The molecule has 4 nitrogen and oxygen atoms in total. The smallest absolute Gasteiger partial charge is 0.142 e. The fourth-order valence-electron chi connectivity index (χ4n) is 4.42. The molecular weight excluding hydrogens is 367 g/mol. The van der Waals surface area contributed by atoms with Crippen LogP contribution in [0.4, 0.5) is 15.8 Å².